The molecule has 5 heteroatoms. The number of aromatic carboxylic acids is 1. The topological polar surface area (TPSA) is 65.5 Å². The molecule has 2 N–H and O–H groups in total. The smallest absolute Gasteiger partial charge is 0.339 e. The predicted octanol–water partition coefficient (Wildman–Crippen LogP) is 1.59. The lowest BCUT2D eigenvalue weighted by molar-refractivity contribution is 0.0696. The third kappa shape index (κ3) is 2.79. The van der Waals surface area contributed by atoms with E-state index in [1.54, 1.807) is 19.2 Å². The monoisotopic (exact) mass is 249 g/mol. The van der Waals surface area contributed by atoms with Crippen molar-refractivity contribution in [3.8, 4) is 0 Å². The summed E-state index contributed by atoms with van der Waals surface area (Å²) < 4.78 is 0. The summed E-state index contributed by atoms with van der Waals surface area (Å²) in [6, 6.07) is 2.00. The van der Waals surface area contributed by atoms with Crippen LogP contribution >= 0.6 is 0 Å². The van der Waals surface area contributed by atoms with E-state index in [0.717, 1.165) is 31.5 Å². The lowest BCUT2D eigenvalue weighted by Crippen LogP contribution is -2.40. The van der Waals surface area contributed by atoms with Crippen LogP contribution in [0.1, 0.15) is 28.8 Å². The Morgan fingerprint density at radius 1 is 1.61 bits per heavy atom. The summed E-state index contributed by atoms with van der Waals surface area (Å²) in [5.41, 5.74) is 1.02. The van der Waals surface area contributed by atoms with Crippen LogP contribution in [0.3, 0.4) is 0 Å². The maximum absolute atomic E-state index is 11.3. The van der Waals surface area contributed by atoms with Crippen LogP contribution in [-0.4, -0.2) is 47.1 Å². The second kappa shape index (κ2) is 5.35. The van der Waals surface area contributed by atoms with Crippen molar-refractivity contribution < 1.29 is 9.90 Å². The van der Waals surface area contributed by atoms with Crippen LogP contribution in [-0.2, 0) is 0 Å². The van der Waals surface area contributed by atoms with E-state index >= 15 is 0 Å². The molecular weight excluding hydrogens is 230 g/mol. The minimum Gasteiger partial charge on any atom is -0.478 e. The van der Waals surface area contributed by atoms with Gasteiger partial charge >= 0.3 is 5.97 Å². The summed E-state index contributed by atoms with van der Waals surface area (Å²) in [7, 11) is 2.08. The van der Waals surface area contributed by atoms with Gasteiger partial charge in [0.05, 0.1) is 0 Å². The maximum atomic E-state index is 11.3. The van der Waals surface area contributed by atoms with Gasteiger partial charge in [-0.25, -0.2) is 9.78 Å². The van der Waals surface area contributed by atoms with Gasteiger partial charge in [-0.15, -0.1) is 0 Å². The first-order valence-corrected chi connectivity index (χ1v) is 6.22. The molecule has 1 aromatic heterocycles. The molecule has 1 aliphatic rings. The number of aromatic nitrogens is 1. The fraction of sp³-hybridized carbons (Fsp3) is 0.538. The Labute approximate surface area is 107 Å². The van der Waals surface area contributed by atoms with E-state index in [9.17, 15) is 9.90 Å². The van der Waals surface area contributed by atoms with E-state index in [2.05, 4.69) is 22.2 Å². The number of carboxylic acid groups (broad SMARTS) is 1. The number of anilines is 1. The fourth-order valence-electron chi connectivity index (χ4n) is 2.42. The second-order valence-electron chi connectivity index (χ2n) is 4.90. The van der Waals surface area contributed by atoms with E-state index in [0.29, 0.717) is 5.82 Å². The van der Waals surface area contributed by atoms with Crippen LogP contribution in [0.5, 0.6) is 0 Å². The van der Waals surface area contributed by atoms with Crippen LogP contribution in [0.2, 0.25) is 0 Å². The Kier molecular flexibility index (Phi) is 3.81. The molecule has 1 unspecified atom stereocenters. The minimum atomic E-state index is -0.924. The molecule has 1 atom stereocenters. The highest BCUT2D eigenvalue weighted by Gasteiger charge is 2.21. The number of carboxylic acids is 1. The lowest BCUT2D eigenvalue weighted by Gasteiger charge is -2.30. The third-order valence-corrected chi connectivity index (χ3v) is 3.34. The molecular formula is C13H19N3O2. The number of nitrogens with zero attached hydrogens (tertiary/aromatic N) is 2. The standard InChI is InChI=1S/C13H19N3O2/c1-9-5-6-14-12(11(9)13(17)18)15-10-4-3-7-16(2)8-10/h5-6,10H,3-4,7-8H2,1-2H3,(H,14,15)(H,17,18). The number of nitrogens with one attached hydrogen (secondary N) is 1. The van der Waals surface area contributed by atoms with Gasteiger partial charge in [0.1, 0.15) is 11.4 Å². The molecule has 0 saturated carbocycles. The van der Waals surface area contributed by atoms with Crippen LogP contribution in [0.25, 0.3) is 0 Å². The second-order valence-corrected chi connectivity index (χ2v) is 4.90. The van der Waals surface area contributed by atoms with Gasteiger partial charge in [-0.1, -0.05) is 0 Å². The predicted molar refractivity (Wildman–Crippen MR) is 70.1 cm³/mol. The largest absolute Gasteiger partial charge is 0.478 e. The molecule has 1 saturated heterocycles. The molecule has 0 amide bonds. The van der Waals surface area contributed by atoms with Crippen molar-refractivity contribution in [3.63, 3.8) is 0 Å². The summed E-state index contributed by atoms with van der Waals surface area (Å²) in [6.07, 6.45) is 3.83. The Morgan fingerprint density at radius 2 is 2.39 bits per heavy atom. The summed E-state index contributed by atoms with van der Waals surface area (Å²) in [5, 5.41) is 12.5. The molecule has 98 valence electrons. The molecule has 0 aliphatic carbocycles. The number of likely N-dealkylation sites (N-methyl/N-ethyl adjacent to an activating group) is 1. The molecule has 18 heavy (non-hydrogen) atoms. The first kappa shape index (κ1) is 12.8. The zero-order chi connectivity index (χ0) is 13.1. The van der Waals surface area contributed by atoms with Crippen molar-refractivity contribution in [2.75, 3.05) is 25.5 Å². The number of carbonyl (C=O) groups is 1. The molecule has 1 aromatic rings. The van der Waals surface area contributed by atoms with Gasteiger partial charge in [0.15, 0.2) is 0 Å². The number of rotatable bonds is 3. The molecule has 2 heterocycles. The number of hydrogen-bond donors (Lipinski definition) is 2. The third-order valence-electron chi connectivity index (χ3n) is 3.34. The minimum absolute atomic E-state index is 0.274. The van der Waals surface area contributed by atoms with E-state index in [4.69, 9.17) is 0 Å². The molecule has 0 bridgehead atoms. The Balaban J connectivity index is 2.18. The molecule has 1 fully saturated rings. The van der Waals surface area contributed by atoms with Gasteiger partial charge in [-0.05, 0) is 45.0 Å². The number of aryl methyl sites for hydroxylation is 1. The van der Waals surface area contributed by atoms with Crippen LogP contribution < -0.4 is 5.32 Å². The van der Waals surface area contributed by atoms with E-state index < -0.39 is 5.97 Å². The first-order valence-electron chi connectivity index (χ1n) is 6.22. The van der Waals surface area contributed by atoms with Gasteiger partial charge in [-0.2, -0.15) is 0 Å². The molecule has 0 spiro atoms. The number of piperidine rings is 1. The Hall–Kier alpha value is -1.62. The number of pyridine rings is 1. The van der Waals surface area contributed by atoms with Gasteiger partial charge in [0, 0.05) is 18.8 Å². The van der Waals surface area contributed by atoms with E-state index in [-0.39, 0.29) is 11.6 Å². The van der Waals surface area contributed by atoms with Crippen LogP contribution in [0, 0.1) is 6.92 Å². The van der Waals surface area contributed by atoms with Crippen LogP contribution in [0.4, 0.5) is 5.82 Å². The molecule has 5 nitrogen and oxygen atoms in total. The molecule has 0 aromatic carbocycles. The maximum Gasteiger partial charge on any atom is 0.339 e. The van der Waals surface area contributed by atoms with Crippen molar-refractivity contribution >= 4 is 11.8 Å². The van der Waals surface area contributed by atoms with Crippen molar-refractivity contribution in [1.82, 2.24) is 9.88 Å². The Morgan fingerprint density at radius 3 is 3.06 bits per heavy atom. The highest BCUT2D eigenvalue weighted by molar-refractivity contribution is 5.94. The Bertz CT molecular complexity index is 448. The van der Waals surface area contributed by atoms with Crippen molar-refractivity contribution in [1.29, 1.82) is 0 Å². The van der Waals surface area contributed by atoms with Gasteiger partial charge in [-0.3, -0.25) is 0 Å². The average Bonchev–Trinajstić information content (AvgIpc) is 2.28. The number of likely N-dealkylation sites (tertiary alicyclic amines) is 1. The zero-order valence-corrected chi connectivity index (χ0v) is 10.8. The van der Waals surface area contributed by atoms with Gasteiger partial charge in [0.2, 0.25) is 0 Å². The SMILES string of the molecule is Cc1ccnc(NC2CCCN(C)C2)c1C(=O)O. The van der Waals surface area contributed by atoms with Gasteiger partial charge < -0.3 is 15.3 Å². The molecule has 2 rings (SSSR count). The fourth-order valence-corrected chi connectivity index (χ4v) is 2.42. The van der Waals surface area contributed by atoms with Crippen molar-refractivity contribution in [3.05, 3.63) is 23.4 Å². The molecule has 0 radical (unpaired) electrons. The van der Waals surface area contributed by atoms with Gasteiger partial charge in [0.25, 0.3) is 0 Å². The number of hydrogen-bond acceptors (Lipinski definition) is 4. The van der Waals surface area contributed by atoms with Crippen LogP contribution in [0.15, 0.2) is 12.3 Å². The lowest BCUT2D eigenvalue weighted by atomic mass is 10.1. The van der Waals surface area contributed by atoms with E-state index in [1.165, 1.54) is 0 Å². The highest BCUT2D eigenvalue weighted by atomic mass is 16.4. The summed E-state index contributed by atoms with van der Waals surface area (Å²) in [5.74, 6) is -0.435. The van der Waals surface area contributed by atoms with Crippen molar-refractivity contribution in [2.45, 2.75) is 25.8 Å². The van der Waals surface area contributed by atoms with E-state index in [1.807, 2.05) is 0 Å². The zero-order valence-electron chi connectivity index (χ0n) is 10.8. The first-order chi connectivity index (χ1) is 8.58. The normalized spacial score (nSPS) is 20.7. The average molecular weight is 249 g/mol. The highest BCUT2D eigenvalue weighted by Crippen LogP contribution is 2.20. The quantitative estimate of drug-likeness (QED) is 0.851. The summed E-state index contributed by atoms with van der Waals surface area (Å²) >= 11 is 0. The molecule has 1 aliphatic heterocycles. The summed E-state index contributed by atoms with van der Waals surface area (Å²) in [4.78, 5) is 17.7. The van der Waals surface area contributed by atoms with Crippen molar-refractivity contribution in [2.24, 2.45) is 0 Å². The summed E-state index contributed by atoms with van der Waals surface area (Å²) in [6.45, 7) is 3.82.